The lowest BCUT2D eigenvalue weighted by Gasteiger charge is -2.16. The van der Waals surface area contributed by atoms with E-state index in [0.717, 1.165) is 14.2 Å². The third kappa shape index (κ3) is 3.65. The van der Waals surface area contributed by atoms with Crippen molar-refractivity contribution in [2.75, 3.05) is 20.8 Å². The molecule has 2 aromatic rings. The maximum absolute atomic E-state index is 12.2. The first-order valence-corrected chi connectivity index (χ1v) is 7.36. The minimum Gasteiger partial charge on any atom is -0.468 e. The van der Waals surface area contributed by atoms with E-state index in [2.05, 4.69) is 19.4 Å². The van der Waals surface area contributed by atoms with Crippen LogP contribution in [-0.2, 0) is 23.8 Å². The highest BCUT2D eigenvalue weighted by molar-refractivity contribution is 6.01. The van der Waals surface area contributed by atoms with Gasteiger partial charge >= 0.3 is 17.9 Å². The molecule has 0 saturated carbocycles. The van der Waals surface area contributed by atoms with Crippen LogP contribution in [0.25, 0.3) is 5.95 Å². The number of ether oxygens (including phenoxy) is 3. The lowest BCUT2D eigenvalue weighted by Crippen LogP contribution is -2.27. The molecule has 0 aliphatic heterocycles. The van der Waals surface area contributed by atoms with Crippen LogP contribution in [0, 0.1) is 0 Å². The van der Waals surface area contributed by atoms with Crippen molar-refractivity contribution >= 4 is 17.9 Å². The number of carbonyl (C=O) groups excluding carboxylic acids is 3. The van der Waals surface area contributed by atoms with Crippen molar-refractivity contribution in [2.24, 2.45) is 0 Å². The van der Waals surface area contributed by atoms with E-state index < -0.39 is 23.8 Å². The molecule has 0 unspecified atom stereocenters. The molecule has 0 saturated heterocycles. The second-order valence-electron chi connectivity index (χ2n) is 4.73. The van der Waals surface area contributed by atoms with Gasteiger partial charge in [0.05, 0.1) is 26.5 Å². The number of hydrogen-bond donors (Lipinski definition) is 0. The molecule has 0 radical (unpaired) electrons. The Morgan fingerprint density at radius 3 is 2.20 bits per heavy atom. The normalized spacial score (nSPS) is 10.4. The van der Waals surface area contributed by atoms with Crippen LogP contribution in [0.1, 0.15) is 29.0 Å². The van der Waals surface area contributed by atoms with Crippen molar-refractivity contribution in [1.82, 2.24) is 14.5 Å². The predicted molar refractivity (Wildman–Crippen MR) is 84.1 cm³/mol. The standard InChI is InChI=1S/C16H17N3O6/c1-4-25-13(20)11-7-6-10(12(14(21)23-2)15(22)24-3)19(11)16-17-8-5-9-18-16/h5-9,12H,4H2,1-3H3. The molecule has 0 bridgehead atoms. The quantitative estimate of drug-likeness (QED) is 0.430. The zero-order chi connectivity index (χ0) is 18.4. The van der Waals surface area contributed by atoms with Gasteiger partial charge in [-0.1, -0.05) is 0 Å². The SMILES string of the molecule is CCOC(=O)c1ccc(C(C(=O)OC)C(=O)OC)n1-c1ncccn1. The molecule has 132 valence electrons. The Balaban J connectivity index is 2.67. The lowest BCUT2D eigenvalue weighted by molar-refractivity contribution is -0.154. The summed E-state index contributed by atoms with van der Waals surface area (Å²) in [6, 6.07) is 4.44. The fourth-order valence-electron chi connectivity index (χ4n) is 2.25. The predicted octanol–water partition coefficient (Wildman–Crippen LogP) is 0.874. The summed E-state index contributed by atoms with van der Waals surface area (Å²) in [6.45, 7) is 1.82. The molecule has 25 heavy (non-hydrogen) atoms. The summed E-state index contributed by atoms with van der Waals surface area (Å²) in [7, 11) is 2.30. The van der Waals surface area contributed by atoms with Gasteiger partial charge in [-0.05, 0) is 25.1 Å². The van der Waals surface area contributed by atoms with Gasteiger partial charge in [-0.3, -0.25) is 14.2 Å². The molecular weight excluding hydrogens is 330 g/mol. The van der Waals surface area contributed by atoms with Crippen molar-refractivity contribution in [2.45, 2.75) is 12.8 Å². The van der Waals surface area contributed by atoms with Gasteiger partial charge in [0.2, 0.25) is 5.95 Å². The maximum atomic E-state index is 12.2. The van der Waals surface area contributed by atoms with E-state index >= 15 is 0 Å². The molecule has 0 atom stereocenters. The van der Waals surface area contributed by atoms with Crippen molar-refractivity contribution in [3.05, 3.63) is 42.0 Å². The number of esters is 3. The minimum absolute atomic E-state index is 0.0702. The van der Waals surface area contributed by atoms with Crippen LogP contribution in [0.2, 0.25) is 0 Å². The Morgan fingerprint density at radius 2 is 1.68 bits per heavy atom. The Labute approximate surface area is 143 Å². The summed E-state index contributed by atoms with van der Waals surface area (Å²) in [4.78, 5) is 44.6. The van der Waals surface area contributed by atoms with Crippen molar-refractivity contribution in [3.63, 3.8) is 0 Å². The summed E-state index contributed by atoms with van der Waals surface area (Å²) < 4.78 is 15.7. The fraction of sp³-hybridized carbons (Fsp3) is 0.312. The van der Waals surface area contributed by atoms with Gasteiger partial charge in [0, 0.05) is 12.4 Å². The van der Waals surface area contributed by atoms with Gasteiger partial charge in [0.1, 0.15) is 5.69 Å². The van der Waals surface area contributed by atoms with Crippen LogP contribution < -0.4 is 0 Å². The first kappa shape index (κ1) is 18.1. The van der Waals surface area contributed by atoms with Gasteiger partial charge < -0.3 is 14.2 Å². The van der Waals surface area contributed by atoms with Gasteiger partial charge in [0.15, 0.2) is 5.92 Å². The van der Waals surface area contributed by atoms with E-state index in [1.807, 2.05) is 0 Å². The summed E-state index contributed by atoms with van der Waals surface area (Å²) in [6.07, 6.45) is 2.93. The van der Waals surface area contributed by atoms with Gasteiger partial charge in [-0.25, -0.2) is 14.8 Å². The second kappa shape index (κ2) is 8.04. The number of methoxy groups -OCH3 is 2. The second-order valence-corrected chi connectivity index (χ2v) is 4.73. The zero-order valence-corrected chi connectivity index (χ0v) is 14.0. The molecule has 0 aromatic carbocycles. The van der Waals surface area contributed by atoms with Crippen LogP contribution in [0.15, 0.2) is 30.6 Å². The Bertz CT molecular complexity index is 755. The van der Waals surface area contributed by atoms with Crippen LogP contribution in [0.3, 0.4) is 0 Å². The third-order valence-corrected chi connectivity index (χ3v) is 3.32. The van der Waals surface area contributed by atoms with E-state index in [9.17, 15) is 14.4 Å². The molecule has 0 amide bonds. The highest BCUT2D eigenvalue weighted by atomic mass is 16.5. The molecule has 0 N–H and O–H groups in total. The minimum atomic E-state index is -1.40. The van der Waals surface area contributed by atoms with Crippen LogP contribution in [0.4, 0.5) is 0 Å². The van der Waals surface area contributed by atoms with E-state index in [0.29, 0.717) is 0 Å². The average Bonchev–Trinajstić information content (AvgIpc) is 3.07. The topological polar surface area (TPSA) is 110 Å². The van der Waals surface area contributed by atoms with E-state index in [4.69, 9.17) is 4.74 Å². The number of nitrogens with zero attached hydrogens (tertiary/aromatic N) is 3. The molecular formula is C16H17N3O6. The van der Waals surface area contributed by atoms with E-state index in [1.54, 1.807) is 13.0 Å². The maximum Gasteiger partial charge on any atom is 0.355 e. The molecule has 0 spiro atoms. The summed E-state index contributed by atoms with van der Waals surface area (Å²) in [5.74, 6) is -3.62. The van der Waals surface area contributed by atoms with Gasteiger partial charge in [-0.2, -0.15) is 0 Å². The van der Waals surface area contributed by atoms with Crippen molar-refractivity contribution < 1.29 is 28.6 Å². The van der Waals surface area contributed by atoms with E-state index in [-0.39, 0.29) is 23.9 Å². The summed E-state index contributed by atoms with van der Waals surface area (Å²) >= 11 is 0. The summed E-state index contributed by atoms with van der Waals surface area (Å²) in [5, 5.41) is 0. The zero-order valence-electron chi connectivity index (χ0n) is 14.0. The van der Waals surface area contributed by atoms with Crippen molar-refractivity contribution in [1.29, 1.82) is 0 Å². The summed E-state index contributed by atoms with van der Waals surface area (Å²) in [5.41, 5.74) is 0.203. The number of rotatable bonds is 6. The Kier molecular flexibility index (Phi) is 5.83. The number of hydrogen-bond acceptors (Lipinski definition) is 8. The van der Waals surface area contributed by atoms with Gasteiger partial charge in [0.25, 0.3) is 0 Å². The van der Waals surface area contributed by atoms with Crippen molar-refractivity contribution in [3.8, 4) is 5.95 Å². The molecule has 0 aliphatic rings. The van der Waals surface area contributed by atoms with Crippen LogP contribution in [0.5, 0.6) is 0 Å². The largest absolute Gasteiger partial charge is 0.468 e. The molecule has 9 nitrogen and oxygen atoms in total. The Hall–Kier alpha value is -3.23. The smallest absolute Gasteiger partial charge is 0.355 e. The highest BCUT2D eigenvalue weighted by Crippen LogP contribution is 2.25. The molecule has 2 aromatic heterocycles. The molecule has 0 fully saturated rings. The first-order chi connectivity index (χ1) is 12.0. The van der Waals surface area contributed by atoms with Crippen LogP contribution >= 0.6 is 0 Å². The fourth-order valence-corrected chi connectivity index (χ4v) is 2.25. The molecule has 0 aliphatic carbocycles. The van der Waals surface area contributed by atoms with E-state index in [1.165, 1.54) is 29.1 Å². The average molecular weight is 347 g/mol. The Morgan fingerprint density at radius 1 is 1.08 bits per heavy atom. The monoisotopic (exact) mass is 347 g/mol. The lowest BCUT2D eigenvalue weighted by atomic mass is 10.1. The highest BCUT2D eigenvalue weighted by Gasteiger charge is 2.35. The number of aromatic nitrogens is 3. The first-order valence-electron chi connectivity index (χ1n) is 7.36. The molecule has 9 heteroatoms. The number of carbonyl (C=O) groups is 3. The van der Waals surface area contributed by atoms with Gasteiger partial charge in [-0.15, -0.1) is 0 Å². The van der Waals surface area contributed by atoms with Crippen LogP contribution in [-0.4, -0.2) is 53.3 Å². The third-order valence-electron chi connectivity index (χ3n) is 3.32. The molecule has 2 heterocycles. The molecule has 2 rings (SSSR count).